The highest BCUT2D eigenvalue weighted by molar-refractivity contribution is 5.89. The lowest BCUT2D eigenvalue weighted by Crippen LogP contribution is -2.44. The van der Waals surface area contributed by atoms with Crippen LogP contribution in [-0.4, -0.2) is 46.5 Å². The van der Waals surface area contributed by atoms with Crippen LogP contribution in [-0.2, 0) is 4.74 Å². The summed E-state index contributed by atoms with van der Waals surface area (Å²) in [6.07, 6.45) is 0.890. The third kappa shape index (κ3) is 3.46. The van der Waals surface area contributed by atoms with Crippen molar-refractivity contribution in [1.29, 1.82) is 0 Å². The van der Waals surface area contributed by atoms with E-state index >= 15 is 0 Å². The first-order valence-electron chi connectivity index (χ1n) is 9.81. The van der Waals surface area contributed by atoms with Gasteiger partial charge in [-0.2, -0.15) is 5.10 Å². The minimum absolute atomic E-state index is 0.0567. The first-order chi connectivity index (χ1) is 13.0. The van der Waals surface area contributed by atoms with Crippen molar-refractivity contribution in [2.45, 2.75) is 45.2 Å². The smallest absolute Gasteiger partial charge is 0.323 e. The van der Waals surface area contributed by atoms with Crippen LogP contribution in [0.4, 0.5) is 10.6 Å². The van der Waals surface area contributed by atoms with Gasteiger partial charge in [-0.05, 0) is 32.8 Å². The Morgan fingerprint density at radius 2 is 2.07 bits per heavy atom. The molecule has 3 atom stereocenters. The van der Waals surface area contributed by atoms with Gasteiger partial charge in [0.15, 0.2) is 5.82 Å². The molecule has 3 heterocycles. The van der Waals surface area contributed by atoms with Crippen molar-refractivity contribution < 1.29 is 9.53 Å². The van der Waals surface area contributed by atoms with Crippen LogP contribution in [0.25, 0.3) is 0 Å². The Kier molecular flexibility index (Phi) is 4.91. The van der Waals surface area contributed by atoms with Gasteiger partial charge in [0.2, 0.25) is 0 Å². The van der Waals surface area contributed by atoms with E-state index < -0.39 is 0 Å². The van der Waals surface area contributed by atoms with Gasteiger partial charge < -0.3 is 9.64 Å². The molecule has 1 N–H and O–H groups in total. The molecule has 6 nitrogen and oxygen atoms in total. The summed E-state index contributed by atoms with van der Waals surface area (Å²) in [4.78, 5) is 15.1. The number of anilines is 1. The second-order valence-electron chi connectivity index (χ2n) is 7.90. The molecule has 0 saturated carbocycles. The number of amides is 2. The van der Waals surface area contributed by atoms with Crippen molar-refractivity contribution in [1.82, 2.24) is 14.7 Å². The van der Waals surface area contributed by atoms with Crippen LogP contribution in [0.3, 0.4) is 0 Å². The number of aromatic nitrogens is 2. The molecule has 6 heteroatoms. The number of fused-ring (bicyclic) bond motifs is 1. The van der Waals surface area contributed by atoms with Gasteiger partial charge in [-0.15, -0.1) is 0 Å². The zero-order valence-corrected chi connectivity index (χ0v) is 16.3. The Morgan fingerprint density at radius 3 is 2.78 bits per heavy atom. The van der Waals surface area contributed by atoms with E-state index in [1.807, 2.05) is 28.6 Å². The molecule has 0 spiro atoms. The normalized spacial score (nSPS) is 24.9. The van der Waals surface area contributed by atoms with Crippen molar-refractivity contribution in [3.05, 3.63) is 47.7 Å². The fraction of sp³-hybridized carbons (Fsp3) is 0.524. The highest BCUT2D eigenvalue weighted by Gasteiger charge is 2.46. The van der Waals surface area contributed by atoms with Gasteiger partial charge in [-0.3, -0.25) is 10.00 Å². The highest BCUT2D eigenvalue weighted by atomic mass is 16.5. The van der Waals surface area contributed by atoms with Crippen molar-refractivity contribution in [3.63, 3.8) is 0 Å². The number of carbonyl (C=O) groups is 1. The monoisotopic (exact) mass is 368 g/mol. The number of nitrogens with zero attached hydrogens (tertiary/aromatic N) is 3. The maximum atomic E-state index is 13.1. The van der Waals surface area contributed by atoms with Crippen molar-refractivity contribution in [3.8, 4) is 0 Å². The first kappa shape index (κ1) is 18.0. The molecule has 0 bridgehead atoms. The Labute approximate surface area is 160 Å². The molecular weight excluding hydrogens is 340 g/mol. The molecular formula is C21H28N4O2. The lowest BCUT2D eigenvalue weighted by Gasteiger charge is -2.32. The second-order valence-corrected chi connectivity index (χ2v) is 7.90. The maximum absolute atomic E-state index is 13.1. The van der Waals surface area contributed by atoms with Gasteiger partial charge in [0.25, 0.3) is 0 Å². The second kappa shape index (κ2) is 7.35. The number of benzene rings is 1. The van der Waals surface area contributed by atoms with E-state index in [0.29, 0.717) is 24.3 Å². The third-order valence-electron chi connectivity index (χ3n) is 5.81. The largest absolute Gasteiger partial charge is 0.381 e. The van der Waals surface area contributed by atoms with Gasteiger partial charge in [-0.25, -0.2) is 4.79 Å². The van der Waals surface area contributed by atoms with Gasteiger partial charge >= 0.3 is 6.03 Å². The van der Waals surface area contributed by atoms with Crippen molar-refractivity contribution in [2.75, 3.05) is 25.1 Å². The van der Waals surface area contributed by atoms with Crippen LogP contribution in [0, 0.1) is 12.8 Å². The summed E-state index contributed by atoms with van der Waals surface area (Å²) in [5.74, 6) is 1.29. The highest BCUT2D eigenvalue weighted by Crippen LogP contribution is 2.41. The predicted octanol–water partition coefficient (Wildman–Crippen LogP) is 3.81. The van der Waals surface area contributed by atoms with E-state index in [1.54, 1.807) is 0 Å². The Bertz CT molecular complexity index is 802. The van der Waals surface area contributed by atoms with Crippen LogP contribution < -0.4 is 5.32 Å². The maximum Gasteiger partial charge on any atom is 0.323 e. The van der Waals surface area contributed by atoms with Crippen LogP contribution >= 0.6 is 0 Å². The zero-order chi connectivity index (χ0) is 19.0. The average Bonchev–Trinajstić information content (AvgIpc) is 3.23. The summed E-state index contributed by atoms with van der Waals surface area (Å²) in [5, 5.41) is 7.55. The number of hydrogen-bond donors (Lipinski definition) is 1. The van der Waals surface area contributed by atoms with Crippen LogP contribution in [0.2, 0.25) is 0 Å². The van der Waals surface area contributed by atoms with E-state index in [0.717, 1.165) is 25.3 Å². The van der Waals surface area contributed by atoms with E-state index in [9.17, 15) is 4.79 Å². The molecule has 0 unspecified atom stereocenters. The topological polar surface area (TPSA) is 59.4 Å². The van der Waals surface area contributed by atoms with E-state index in [2.05, 4.69) is 48.5 Å². The van der Waals surface area contributed by atoms with Crippen LogP contribution in [0.15, 0.2) is 36.4 Å². The molecule has 2 amide bonds. The molecule has 0 radical (unpaired) electrons. The van der Waals surface area contributed by atoms with E-state index in [-0.39, 0.29) is 18.1 Å². The molecule has 2 aliphatic heterocycles. The SMILES string of the molecule is Cc1cc(NC(=O)N2C[C@H](c3ccccc3)[C@H]3COCC[C@H]32)nn1C(C)C. The predicted molar refractivity (Wildman–Crippen MR) is 105 cm³/mol. The summed E-state index contributed by atoms with van der Waals surface area (Å²) in [6.45, 7) is 8.34. The number of hydrogen-bond acceptors (Lipinski definition) is 3. The summed E-state index contributed by atoms with van der Waals surface area (Å²) in [6, 6.07) is 12.9. The van der Waals surface area contributed by atoms with Gasteiger partial charge in [0.1, 0.15) is 0 Å². The molecule has 2 aromatic rings. The zero-order valence-electron chi connectivity index (χ0n) is 16.3. The van der Waals surface area contributed by atoms with Gasteiger partial charge in [-0.1, -0.05) is 30.3 Å². The average molecular weight is 368 g/mol. The molecule has 4 rings (SSSR count). The Morgan fingerprint density at radius 1 is 1.30 bits per heavy atom. The molecule has 2 saturated heterocycles. The number of aryl methyl sites for hydroxylation is 1. The van der Waals surface area contributed by atoms with Crippen LogP contribution in [0.5, 0.6) is 0 Å². The first-order valence-corrected chi connectivity index (χ1v) is 9.81. The molecule has 2 aliphatic rings. The molecule has 144 valence electrons. The lowest BCUT2D eigenvalue weighted by atomic mass is 9.84. The standard InChI is InChI=1S/C21H28N4O2/c1-14(2)25-15(3)11-20(23-25)22-21(26)24-12-17(16-7-5-4-6-8-16)18-13-27-10-9-19(18)24/h4-8,11,14,17-19H,9-10,12-13H2,1-3H3,(H,22,23,26)/t17-,18-,19-/m1/s1. The van der Waals surface area contributed by atoms with Crippen molar-refractivity contribution >= 4 is 11.8 Å². The van der Waals surface area contributed by atoms with Crippen LogP contribution in [0.1, 0.15) is 43.5 Å². The number of nitrogens with one attached hydrogen (secondary N) is 1. The third-order valence-corrected chi connectivity index (χ3v) is 5.81. The Hall–Kier alpha value is -2.34. The van der Waals surface area contributed by atoms with Gasteiger partial charge in [0.05, 0.1) is 6.61 Å². The number of ether oxygens (including phenoxy) is 1. The number of likely N-dealkylation sites (tertiary alicyclic amines) is 1. The molecule has 1 aromatic carbocycles. The summed E-state index contributed by atoms with van der Waals surface area (Å²) >= 11 is 0. The Balaban J connectivity index is 1.53. The molecule has 0 aliphatic carbocycles. The minimum Gasteiger partial charge on any atom is -0.381 e. The lowest BCUT2D eigenvalue weighted by molar-refractivity contribution is 0.0272. The fourth-order valence-corrected chi connectivity index (χ4v) is 4.54. The fourth-order valence-electron chi connectivity index (χ4n) is 4.54. The summed E-state index contributed by atoms with van der Waals surface area (Å²) in [5.41, 5.74) is 2.33. The van der Waals surface area contributed by atoms with E-state index in [1.165, 1.54) is 5.56 Å². The number of rotatable bonds is 3. The summed E-state index contributed by atoms with van der Waals surface area (Å²) < 4.78 is 7.69. The summed E-state index contributed by atoms with van der Waals surface area (Å²) in [7, 11) is 0. The molecule has 1 aromatic heterocycles. The molecule has 27 heavy (non-hydrogen) atoms. The number of carbonyl (C=O) groups excluding carboxylic acids is 1. The van der Waals surface area contributed by atoms with Crippen molar-refractivity contribution in [2.24, 2.45) is 5.92 Å². The molecule has 2 fully saturated rings. The number of urea groups is 1. The van der Waals surface area contributed by atoms with E-state index in [4.69, 9.17) is 4.74 Å². The minimum atomic E-state index is -0.0567. The quantitative estimate of drug-likeness (QED) is 0.896. The van der Waals surface area contributed by atoms with Gasteiger partial charge in [0, 0.05) is 48.8 Å².